The molecule has 0 fully saturated rings. The number of aromatic amines is 2. The first kappa shape index (κ1) is 17.2. The van der Waals surface area contributed by atoms with Gasteiger partial charge in [-0.15, -0.1) is 0 Å². The molecule has 5 heterocycles. The fourth-order valence-corrected chi connectivity index (χ4v) is 4.21. The Balaban J connectivity index is 1.49. The fourth-order valence-electron chi connectivity index (χ4n) is 4.21. The van der Waals surface area contributed by atoms with Crippen molar-refractivity contribution >= 4 is 27.4 Å². The summed E-state index contributed by atoms with van der Waals surface area (Å²) in [6.45, 7) is 3.93. The molecule has 0 bridgehead atoms. The van der Waals surface area contributed by atoms with Gasteiger partial charge in [0.25, 0.3) is 0 Å². The van der Waals surface area contributed by atoms with Crippen molar-refractivity contribution in [3.63, 3.8) is 0 Å². The number of nitrogens with one attached hydrogen (secondary N) is 3. The molecule has 1 aliphatic rings. The Morgan fingerprint density at radius 1 is 1.03 bits per heavy atom. The zero-order chi connectivity index (χ0) is 20.1. The van der Waals surface area contributed by atoms with Gasteiger partial charge in [-0.3, -0.25) is 9.67 Å². The van der Waals surface area contributed by atoms with Crippen LogP contribution in [0, 0.1) is 6.92 Å². The van der Waals surface area contributed by atoms with Crippen LogP contribution in [0.1, 0.15) is 17.7 Å². The van der Waals surface area contributed by atoms with Crippen LogP contribution in [0.25, 0.3) is 44.6 Å². The van der Waals surface area contributed by atoms with Crippen molar-refractivity contribution < 1.29 is 0 Å². The van der Waals surface area contributed by atoms with Gasteiger partial charge in [0.1, 0.15) is 17.8 Å². The summed E-state index contributed by atoms with van der Waals surface area (Å²) in [7, 11) is 0. The number of nitrogens with zero attached hydrogens (tertiary/aromatic N) is 4. The van der Waals surface area contributed by atoms with Gasteiger partial charge in [0.15, 0.2) is 0 Å². The lowest BCUT2D eigenvalue weighted by Gasteiger charge is -2.14. The number of rotatable bonds is 3. The van der Waals surface area contributed by atoms with Crippen molar-refractivity contribution in [1.29, 1.82) is 0 Å². The molecule has 7 nitrogen and oxygen atoms in total. The van der Waals surface area contributed by atoms with Gasteiger partial charge in [0.05, 0.1) is 22.4 Å². The third-order valence-corrected chi connectivity index (χ3v) is 5.74. The molecule has 0 saturated carbocycles. The highest BCUT2D eigenvalue weighted by atomic mass is 15.1. The Hall–Kier alpha value is -3.71. The average molecular weight is 395 g/mol. The van der Waals surface area contributed by atoms with E-state index in [1.165, 1.54) is 11.1 Å². The third-order valence-electron chi connectivity index (χ3n) is 5.74. The van der Waals surface area contributed by atoms with E-state index in [0.29, 0.717) is 0 Å². The van der Waals surface area contributed by atoms with Crippen LogP contribution in [0.4, 0.5) is 0 Å². The number of imidazole rings is 1. The summed E-state index contributed by atoms with van der Waals surface area (Å²) in [5.74, 6) is 0.857. The van der Waals surface area contributed by atoms with E-state index in [2.05, 4.69) is 60.8 Å². The lowest BCUT2D eigenvalue weighted by atomic mass is 9.98. The van der Waals surface area contributed by atoms with Crippen molar-refractivity contribution in [1.82, 2.24) is 35.0 Å². The molecule has 0 spiro atoms. The van der Waals surface area contributed by atoms with Crippen LogP contribution >= 0.6 is 0 Å². The Bertz CT molecular complexity index is 1420. The molecule has 0 amide bonds. The Kier molecular flexibility index (Phi) is 3.82. The van der Waals surface area contributed by atoms with Crippen molar-refractivity contribution in [3.05, 3.63) is 66.4 Å². The Labute approximate surface area is 172 Å². The summed E-state index contributed by atoms with van der Waals surface area (Å²) in [4.78, 5) is 12.4. The minimum absolute atomic E-state index is 0.857. The van der Waals surface area contributed by atoms with Crippen LogP contribution in [-0.2, 0) is 0 Å². The highest BCUT2D eigenvalue weighted by Gasteiger charge is 2.15. The monoisotopic (exact) mass is 395 g/mol. The van der Waals surface area contributed by atoms with Crippen LogP contribution in [0.15, 0.2) is 55.1 Å². The third kappa shape index (κ3) is 2.74. The van der Waals surface area contributed by atoms with E-state index in [1.54, 1.807) is 6.33 Å². The van der Waals surface area contributed by atoms with E-state index in [4.69, 9.17) is 0 Å². The zero-order valence-electron chi connectivity index (χ0n) is 16.6. The minimum Gasteiger partial charge on any atom is -0.353 e. The molecular weight excluding hydrogens is 374 g/mol. The summed E-state index contributed by atoms with van der Waals surface area (Å²) in [5.41, 5.74) is 7.56. The summed E-state index contributed by atoms with van der Waals surface area (Å²) in [6.07, 6.45) is 8.92. The molecule has 3 N–H and O–H groups in total. The molecular formula is C23H21N7. The lowest BCUT2D eigenvalue weighted by Crippen LogP contribution is -2.19. The van der Waals surface area contributed by atoms with E-state index >= 15 is 0 Å². The van der Waals surface area contributed by atoms with E-state index in [1.807, 2.05) is 30.0 Å². The fraction of sp³-hybridized carbons (Fsp3) is 0.174. The molecule has 0 unspecified atom stereocenters. The Morgan fingerprint density at radius 2 is 2.00 bits per heavy atom. The molecule has 6 rings (SSSR count). The number of H-pyrrole nitrogens is 2. The first-order chi connectivity index (χ1) is 14.8. The van der Waals surface area contributed by atoms with Crippen LogP contribution in [0.2, 0.25) is 0 Å². The van der Waals surface area contributed by atoms with Gasteiger partial charge in [-0.1, -0.05) is 12.1 Å². The molecule has 0 saturated heterocycles. The van der Waals surface area contributed by atoms with Gasteiger partial charge >= 0.3 is 0 Å². The van der Waals surface area contributed by atoms with E-state index in [9.17, 15) is 0 Å². The number of pyridine rings is 1. The molecule has 0 radical (unpaired) electrons. The standard InChI is InChI=1S/C23H21N7/c1-14-12-30(13-26-14)23-18-11-21(27-19(18)6-9-25-23)22-17-10-16(2-3-20(17)28-29-22)15-4-7-24-8-5-15/h2-4,6,9-13,24,27H,5,7-8H2,1H3,(H,28,29). The second kappa shape index (κ2) is 6.67. The highest BCUT2D eigenvalue weighted by Crippen LogP contribution is 2.32. The topological polar surface area (TPSA) is 87.2 Å². The summed E-state index contributed by atoms with van der Waals surface area (Å²) >= 11 is 0. The van der Waals surface area contributed by atoms with Gasteiger partial charge in [-0.25, -0.2) is 9.97 Å². The first-order valence-corrected chi connectivity index (χ1v) is 10.1. The molecule has 1 aliphatic heterocycles. The number of hydrogen-bond acceptors (Lipinski definition) is 4. The quantitative estimate of drug-likeness (QED) is 0.431. The summed E-state index contributed by atoms with van der Waals surface area (Å²) in [6, 6.07) is 10.7. The van der Waals surface area contributed by atoms with Crippen LogP contribution in [-0.4, -0.2) is 42.8 Å². The zero-order valence-corrected chi connectivity index (χ0v) is 16.6. The van der Waals surface area contributed by atoms with Crippen molar-refractivity contribution in [2.45, 2.75) is 13.3 Å². The molecule has 0 atom stereocenters. The molecule has 0 aliphatic carbocycles. The van der Waals surface area contributed by atoms with Gasteiger partial charge < -0.3 is 10.3 Å². The minimum atomic E-state index is 0.857. The largest absolute Gasteiger partial charge is 0.353 e. The number of fused-ring (bicyclic) bond motifs is 2. The highest BCUT2D eigenvalue weighted by molar-refractivity contribution is 5.98. The predicted octanol–water partition coefficient (Wildman–Crippen LogP) is 3.98. The Morgan fingerprint density at radius 3 is 2.83 bits per heavy atom. The van der Waals surface area contributed by atoms with Crippen LogP contribution < -0.4 is 5.32 Å². The molecule has 4 aromatic heterocycles. The average Bonchev–Trinajstić information content (AvgIpc) is 3.51. The van der Waals surface area contributed by atoms with Gasteiger partial charge in [0, 0.05) is 29.7 Å². The summed E-state index contributed by atoms with van der Waals surface area (Å²) < 4.78 is 1.96. The summed E-state index contributed by atoms with van der Waals surface area (Å²) in [5, 5.41) is 13.3. The molecule has 1 aromatic carbocycles. The smallest absolute Gasteiger partial charge is 0.147 e. The van der Waals surface area contributed by atoms with Crippen molar-refractivity contribution in [2.24, 2.45) is 0 Å². The normalized spacial score (nSPS) is 14.5. The molecule has 30 heavy (non-hydrogen) atoms. The molecule has 148 valence electrons. The molecule has 5 aromatic rings. The number of hydrogen-bond donors (Lipinski definition) is 3. The second-order valence-electron chi connectivity index (χ2n) is 7.72. The number of aryl methyl sites for hydroxylation is 1. The maximum absolute atomic E-state index is 4.63. The van der Waals surface area contributed by atoms with E-state index in [-0.39, 0.29) is 0 Å². The SMILES string of the molecule is Cc1cn(-c2nccc3[nH]c(-c4n[nH]c5ccc(C6=CCNCC6)cc45)cc23)cn1. The van der Waals surface area contributed by atoms with E-state index in [0.717, 1.165) is 64.2 Å². The van der Waals surface area contributed by atoms with Crippen LogP contribution in [0.5, 0.6) is 0 Å². The van der Waals surface area contributed by atoms with Gasteiger partial charge in [0.2, 0.25) is 0 Å². The van der Waals surface area contributed by atoms with Gasteiger partial charge in [-0.05, 0) is 55.3 Å². The van der Waals surface area contributed by atoms with Crippen molar-refractivity contribution in [3.8, 4) is 17.2 Å². The van der Waals surface area contributed by atoms with Crippen LogP contribution in [0.3, 0.4) is 0 Å². The lowest BCUT2D eigenvalue weighted by molar-refractivity contribution is 0.739. The maximum Gasteiger partial charge on any atom is 0.147 e. The maximum atomic E-state index is 4.63. The van der Waals surface area contributed by atoms with Crippen molar-refractivity contribution in [2.75, 3.05) is 13.1 Å². The number of aromatic nitrogens is 6. The van der Waals surface area contributed by atoms with Gasteiger partial charge in [-0.2, -0.15) is 5.10 Å². The first-order valence-electron chi connectivity index (χ1n) is 10.1. The van der Waals surface area contributed by atoms with E-state index < -0.39 is 0 Å². The predicted molar refractivity (Wildman–Crippen MR) is 119 cm³/mol. The number of benzene rings is 1. The molecule has 7 heteroatoms. The second-order valence-corrected chi connectivity index (χ2v) is 7.72.